The van der Waals surface area contributed by atoms with Crippen LogP contribution in [-0.4, -0.2) is 102 Å². The predicted octanol–water partition coefficient (Wildman–Crippen LogP) is 1.25. The third kappa shape index (κ3) is 5.47. The molecule has 2 heterocycles. The van der Waals surface area contributed by atoms with Crippen LogP contribution in [0.5, 0.6) is 0 Å². The molecule has 1 unspecified atom stereocenters. The molecular weight excluding hydrogens is 450 g/mol. The number of rotatable bonds is 8. The van der Waals surface area contributed by atoms with Crippen LogP contribution >= 0.6 is 11.8 Å². The summed E-state index contributed by atoms with van der Waals surface area (Å²) in [6.07, 6.45) is 1.65. The number of piperazine rings is 1. The van der Waals surface area contributed by atoms with E-state index in [9.17, 15) is 24.0 Å². The lowest BCUT2D eigenvalue weighted by Crippen LogP contribution is -2.52. The van der Waals surface area contributed by atoms with E-state index in [0.29, 0.717) is 31.9 Å². The van der Waals surface area contributed by atoms with E-state index in [1.807, 2.05) is 6.26 Å². The number of carbonyl (C=O) groups is 5. The number of imide groups is 1. The fourth-order valence-electron chi connectivity index (χ4n) is 3.75. The largest absolute Gasteiger partial charge is 0.454 e. The second-order valence-electron chi connectivity index (χ2n) is 7.50. The first-order valence-corrected chi connectivity index (χ1v) is 12.1. The van der Waals surface area contributed by atoms with Crippen LogP contribution in [0.25, 0.3) is 0 Å². The minimum atomic E-state index is -1.11. The maximum Gasteiger partial charge on any atom is 0.409 e. The normalized spacial score (nSPS) is 16.5. The van der Waals surface area contributed by atoms with Crippen LogP contribution in [0.4, 0.5) is 4.79 Å². The summed E-state index contributed by atoms with van der Waals surface area (Å²) in [6.45, 7) is 2.73. The second kappa shape index (κ2) is 11.2. The van der Waals surface area contributed by atoms with Crippen molar-refractivity contribution < 1.29 is 33.4 Å². The zero-order valence-corrected chi connectivity index (χ0v) is 19.5. The molecule has 1 atom stereocenters. The average molecular weight is 478 g/mol. The lowest BCUT2D eigenvalue weighted by atomic mass is 10.1. The average Bonchev–Trinajstić information content (AvgIpc) is 3.08. The van der Waals surface area contributed by atoms with Gasteiger partial charge in [0.05, 0.1) is 17.7 Å². The summed E-state index contributed by atoms with van der Waals surface area (Å²) in [4.78, 5) is 66.7. The Morgan fingerprint density at radius 2 is 1.55 bits per heavy atom. The molecule has 1 aromatic rings. The van der Waals surface area contributed by atoms with Crippen molar-refractivity contribution in [3.8, 4) is 0 Å². The van der Waals surface area contributed by atoms with Crippen molar-refractivity contribution in [2.24, 2.45) is 0 Å². The first-order valence-electron chi connectivity index (χ1n) is 10.7. The van der Waals surface area contributed by atoms with Crippen molar-refractivity contribution in [3.05, 3.63) is 35.4 Å². The number of benzene rings is 1. The van der Waals surface area contributed by atoms with Gasteiger partial charge in [0.1, 0.15) is 6.04 Å². The third-order valence-electron chi connectivity index (χ3n) is 5.50. The molecule has 1 fully saturated rings. The van der Waals surface area contributed by atoms with E-state index in [-0.39, 0.29) is 24.2 Å². The van der Waals surface area contributed by atoms with Gasteiger partial charge in [0.25, 0.3) is 17.7 Å². The van der Waals surface area contributed by atoms with Crippen molar-refractivity contribution in [3.63, 3.8) is 0 Å². The smallest absolute Gasteiger partial charge is 0.409 e. The maximum atomic E-state index is 12.9. The first kappa shape index (κ1) is 24.6. The van der Waals surface area contributed by atoms with Gasteiger partial charge < -0.3 is 19.3 Å². The number of fused-ring (bicyclic) bond motifs is 1. The van der Waals surface area contributed by atoms with Crippen LogP contribution in [-0.2, 0) is 19.1 Å². The quantitative estimate of drug-likeness (QED) is 0.406. The van der Waals surface area contributed by atoms with E-state index in [1.165, 1.54) is 21.6 Å². The number of hydrogen-bond donors (Lipinski definition) is 0. The van der Waals surface area contributed by atoms with Gasteiger partial charge in [-0.15, -0.1) is 0 Å². The molecule has 33 heavy (non-hydrogen) atoms. The molecule has 1 saturated heterocycles. The number of esters is 1. The molecule has 3 rings (SSSR count). The summed E-state index contributed by atoms with van der Waals surface area (Å²) >= 11 is 1.47. The maximum absolute atomic E-state index is 12.9. The molecule has 0 aliphatic carbocycles. The van der Waals surface area contributed by atoms with Gasteiger partial charge in [-0.2, -0.15) is 11.8 Å². The first-order chi connectivity index (χ1) is 15.9. The standard InChI is InChI=1S/C22H27N3O7S/c1-3-31-22(30)24-11-9-23(10-12-24)18(26)14-32-21(29)17(8-13-33-2)25-19(27)15-6-4-5-7-16(15)20(25)28/h4-7,17H,3,8-14H2,1-2H3. The molecule has 178 valence electrons. The van der Waals surface area contributed by atoms with Gasteiger partial charge in [0.15, 0.2) is 6.61 Å². The van der Waals surface area contributed by atoms with Gasteiger partial charge in [-0.3, -0.25) is 19.3 Å². The van der Waals surface area contributed by atoms with E-state index < -0.39 is 42.4 Å². The summed E-state index contributed by atoms with van der Waals surface area (Å²) in [5.74, 6) is -1.76. The molecule has 4 amide bonds. The Bertz CT molecular complexity index is 895. The Morgan fingerprint density at radius 1 is 0.970 bits per heavy atom. The SMILES string of the molecule is CCOC(=O)N1CCN(C(=O)COC(=O)C(CCSC)N2C(=O)c3ccccc3C2=O)CC1. The van der Waals surface area contributed by atoms with Gasteiger partial charge in [0, 0.05) is 26.2 Å². The van der Waals surface area contributed by atoms with Crippen molar-refractivity contribution >= 4 is 41.5 Å². The molecule has 0 aromatic heterocycles. The van der Waals surface area contributed by atoms with E-state index in [2.05, 4.69) is 0 Å². The van der Waals surface area contributed by atoms with Crippen molar-refractivity contribution in [2.45, 2.75) is 19.4 Å². The lowest BCUT2D eigenvalue weighted by molar-refractivity contribution is -0.155. The molecular formula is C22H27N3O7S. The van der Waals surface area contributed by atoms with Crippen LogP contribution in [0, 0.1) is 0 Å². The van der Waals surface area contributed by atoms with E-state index in [0.717, 1.165) is 4.90 Å². The molecule has 10 nitrogen and oxygen atoms in total. The Kier molecular flexibility index (Phi) is 8.32. The van der Waals surface area contributed by atoms with E-state index in [1.54, 1.807) is 31.2 Å². The zero-order chi connectivity index (χ0) is 24.0. The summed E-state index contributed by atoms with van der Waals surface area (Å²) in [6, 6.07) is 5.29. The van der Waals surface area contributed by atoms with Gasteiger partial charge >= 0.3 is 12.1 Å². The minimum Gasteiger partial charge on any atom is -0.454 e. The van der Waals surface area contributed by atoms with Crippen LogP contribution in [0.1, 0.15) is 34.1 Å². The highest BCUT2D eigenvalue weighted by molar-refractivity contribution is 7.98. The lowest BCUT2D eigenvalue weighted by Gasteiger charge is -2.34. The second-order valence-corrected chi connectivity index (χ2v) is 8.48. The third-order valence-corrected chi connectivity index (χ3v) is 6.14. The number of ether oxygens (including phenoxy) is 2. The zero-order valence-electron chi connectivity index (χ0n) is 18.7. The van der Waals surface area contributed by atoms with Crippen LogP contribution in [0.15, 0.2) is 24.3 Å². The molecule has 0 radical (unpaired) electrons. The fraction of sp³-hybridized carbons (Fsp3) is 0.500. The van der Waals surface area contributed by atoms with E-state index in [4.69, 9.17) is 9.47 Å². The molecule has 2 aliphatic rings. The molecule has 0 bridgehead atoms. The molecule has 0 N–H and O–H groups in total. The van der Waals surface area contributed by atoms with Gasteiger partial charge in [-0.25, -0.2) is 9.59 Å². The highest BCUT2D eigenvalue weighted by Gasteiger charge is 2.43. The van der Waals surface area contributed by atoms with Crippen molar-refractivity contribution in [1.82, 2.24) is 14.7 Å². The summed E-state index contributed by atoms with van der Waals surface area (Å²) in [7, 11) is 0. The van der Waals surface area contributed by atoms with E-state index >= 15 is 0 Å². The topological polar surface area (TPSA) is 114 Å². The van der Waals surface area contributed by atoms with Gasteiger partial charge in [0.2, 0.25) is 0 Å². The number of thioether (sulfide) groups is 1. The van der Waals surface area contributed by atoms with Crippen LogP contribution in [0.3, 0.4) is 0 Å². The van der Waals surface area contributed by atoms with Crippen molar-refractivity contribution in [1.29, 1.82) is 0 Å². The Labute approximate surface area is 196 Å². The monoisotopic (exact) mass is 477 g/mol. The van der Waals surface area contributed by atoms with Crippen LogP contribution < -0.4 is 0 Å². The Balaban J connectivity index is 1.59. The molecule has 0 saturated carbocycles. The minimum absolute atomic E-state index is 0.220. The Hall–Kier alpha value is -3.08. The molecule has 1 aromatic carbocycles. The molecule has 11 heteroatoms. The number of hydrogen-bond acceptors (Lipinski definition) is 8. The summed E-state index contributed by atoms with van der Waals surface area (Å²) < 4.78 is 10.2. The Morgan fingerprint density at radius 3 is 2.09 bits per heavy atom. The number of amides is 4. The van der Waals surface area contributed by atoms with Gasteiger partial charge in [-0.1, -0.05) is 12.1 Å². The summed E-state index contributed by atoms with van der Waals surface area (Å²) in [5, 5.41) is 0. The number of nitrogens with zero attached hydrogens (tertiary/aromatic N) is 3. The van der Waals surface area contributed by atoms with Crippen molar-refractivity contribution in [2.75, 3.05) is 51.4 Å². The highest BCUT2D eigenvalue weighted by atomic mass is 32.2. The highest BCUT2D eigenvalue weighted by Crippen LogP contribution is 2.26. The van der Waals surface area contributed by atoms with Gasteiger partial charge in [-0.05, 0) is 37.5 Å². The summed E-state index contributed by atoms with van der Waals surface area (Å²) in [5.41, 5.74) is 0.500. The van der Waals surface area contributed by atoms with Crippen LogP contribution in [0.2, 0.25) is 0 Å². The fourth-order valence-corrected chi connectivity index (χ4v) is 4.21. The predicted molar refractivity (Wildman–Crippen MR) is 120 cm³/mol. The molecule has 2 aliphatic heterocycles. The molecule has 0 spiro atoms. The number of carbonyl (C=O) groups excluding carboxylic acids is 5.